The zero-order chi connectivity index (χ0) is 18.8. The Labute approximate surface area is 166 Å². The summed E-state index contributed by atoms with van der Waals surface area (Å²) >= 11 is 12.1. The second kappa shape index (κ2) is 7.74. The zero-order valence-corrected chi connectivity index (χ0v) is 15.9. The van der Waals surface area contributed by atoms with Crippen LogP contribution in [0.4, 0.5) is 0 Å². The lowest BCUT2D eigenvalue weighted by Crippen LogP contribution is -2.37. The molecular formula is C19H18Cl2N4O2. The molecule has 4 rings (SSSR count). The zero-order valence-electron chi connectivity index (χ0n) is 14.4. The van der Waals surface area contributed by atoms with Gasteiger partial charge in [-0.05, 0) is 37.8 Å². The van der Waals surface area contributed by atoms with Crippen LogP contribution in [0.3, 0.4) is 0 Å². The van der Waals surface area contributed by atoms with Crippen LogP contribution in [0.15, 0.2) is 41.2 Å². The van der Waals surface area contributed by atoms with E-state index in [-0.39, 0.29) is 11.9 Å². The molecule has 0 atom stereocenters. The predicted octanol–water partition coefficient (Wildman–Crippen LogP) is 4.83. The van der Waals surface area contributed by atoms with Gasteiger partial charge < -0.3 is 14.8 Å². The number of halogens is 2. The first-order valence-corrected chi connectivity index (χ1v) is 9.57. The van der Waals surface area contributed by atoms with Crippen LogP contribution in [0.2, 0.25) is 10.0 Å². The second-order valence-corrected chi connectivity index (χ2v) is 7.52. The normalized spacial score (nSPS) is 19.8. The fraction of sp³-hybridized carbons (Fsp3) is 0.316. The summed E-state index contributed by atoms with van der Waals surface area (Å²) in [6, 6.07) is 7.21. The number of aromatic amines is 1. The van der Waals surface area contributed by atoms with Crippen molar-refractivity contribution in [1.82, 2.24) is 20.4 Å². The van der Waals surface area contributed by atoms with E-state index in [9.17, 15) is 4.79 Å². The number of imidazole rings is 1. The molecule has 6 nitrogen and oxygen atoms in total. The molecule has 1 aliphatic rings. The topological polar surface area (TPSA) is 83.8 Å². The molecule has 1 amide bonds. The molecule has 2 aromatic heterocycles. The Kier molecular flexibility index (Phi) is 5.18. The number of hydrogen-bond acceptors (Lipinski definition) is 4. The van der Waals surface area contributed by atoms with Crippen molar-refractivity contribution >= 4 is 29.1 Å². The van der Waals surface area contributed by atoms with Gasteiger partial charge in [0.05, 0.1) is 15.7 Å². The van der Waals surface area contributed by atoms with Crippen LogP contribution >= 0.6 is 23.2 Å². The average Bonchev–Trinajstić information content (AvgIpc) is 3.36. The molecule has 8 heteroatoms. The number of carbonyl (C=O) groups is 1. The van der Waals surface area contributed by atoms with Gasteiger partial charge in [0.25, 0.3) is 5.91 Å². The lowest BCUT2D eigenvalue weighted by atomic mass is 9.85. The SMILES string of the molecule is O=C(N[C@H]1CC[C@@H](c2nc(-c3ccc(Cl)c(Cl)c3)c[nH]2)CC1)c1ccon1. The van der Waals surface area contributed by atoms with E-state index in [0.29, 0.717) is 21.7 Å². The van der Waals surface area contributed by atoms with E-state index in [2.05, 4.69) is 15.5 Å². The molecule has 2 N–H and O–H groups in total. The third kappa shape index (κ3) is 4.01. The van der Waals surface area contributed by atoms with Crippen molar-refractivity contribution in [3.8, 4) is 11.3 Å². The molecule has 0 aliphatic heterocycles. The molecule has 1 saturated carbocycles. The highest BCUT2D eigenvalue weighted by atomic mass is 35.5. The molecule has 27 heavy (non-hydrogen) atoms. The molecule has 1 aliphatic carbocycles. The van der Waals surface area contributed by atoms with Crippen molar-refractivity contribution in [3.63, 3.8) is 0 Å². The summed E-state index contributed by atoms with van der Waals surface area (Å²) in [6.45, 7) is 0. The van der Waals surface area contributed by atoms with Crippen molar-refractivity contribution in [1.29, 1.82) is 0 Å². The third-order valence-electron chi connectivity index (χ3n) is 4.93. The van der Waals surface area contributed by atoms with E-state index in [1.807, 2.05) is 18.3 Å². The van der Waals surface area contributed by atoms with E-state index in [1.165, 1.54) is 6.26 Å². The first-order chi connectivity index (χ1) is 13.1. The molecule has 0 bridgehead atoms. The first kappa shape index (κ1) is 18.1. The number of aromatic nitrogens is 3. The summed E-state index contributed by atoms with van der Waals surface area (Å²) in [5, 5.41) is 7.73. The van der Waals surface area contributed by atoms with E-state index >= 15 is 0 Å². The van der Waals surface area contributed by atoms with Gasteiger partial charge >= 0.3 is 0 Å². The maximum atomic E-state index is 12.1. The molecule has 0 saturated heterocycles. The summed E-state index contributed by atoms with van der Waals surface area (Å²) in [5.41, 5.74) is 2.10. The summed E-state index contributed by atoms with van der Waals surface area (Å²) in [4.78, 5) is 20.1. The molecule has 0 unspecified atom stereocenters. The van der Waals surface area contributed by atoms with Crippen LogP contribution in [-0.4, -0.2) is 27.1 Å². The minimum Gasteiger partial charge on any atom is -0.364 e. The fourth-order valence-electron chi connectivity index (χ4n) is 3.45. The van der Waals surface area contributed by atoms with Gasteiger partial charge in [-0.2, -0.15) is 0 Å². The molecule has 1 fully saturated rings. The van der Waals surface area contributed by atoms with Crippen LogP contribution in [-0.2, 0) is 0 Å². The summed E-state index contributed by atoms with van der Waals surface area (Å²) in [6.07, 6.45) is 7.01. The molecule has 0 spiro atoms. The van der Waals surface area contributed by atoms with E-state index in [0.717, 1.165) is 42.8 Å². The number of nitrogens with one attached hydrogen (secondary N) is 2. The van der Waals surface area contributed by atoms with Crippen molar-refractivity contribution in [2.75, 3.05) is 0 Å². The molecule has 3 aromatic rings. The van der Waals surface area contributed by atoms with Gasteiger partial charge in [-0.1, -0.05) is 34.4 Å². The van der Waals surface area contributed by atoms with Gasteiger partial charge in [0, 0.05) is 29.8 Å². The summed E-state index contributed by atoms with van der Waals surface area (Å²) in [5.74, 6) is 1.13. The molecule has 1 aromatic carbocycles. The number of hydrogen-bond donors (Lipinski definition) is 2. The Morgan fingerprint density at radius 2 is 1.96 bits per heavy atom. The Bertz CT molecular complexity index is 931. The minimum atomic E-state index is -0.188. The summed E-state index contributed by atoms with van der Waals surface area (Å²) in [7, 11) is 0. The molecule has 0 radical (unpaired) electrons. The predicted molar refractivity (Wildman–Crippen MR) is 103 cm³/mol. The molecule has 2 heterocycles. The largest absolute Gasteiger partial charge is 0.364 e. The standard InChI is InChI=1S/C19H18Cl2N4O2/c20-14-6-3-12(9-15(14)21)17-10-22-18(24-17)11-1-4-13(5-2-11)23-19(26)16-7-8-27-25-16/h3,6-11,13H,1-2,4-5H2,(H,22,24)(H,23,26)/t11-,13+. The Balaban J connectivity index is 1.36. The van der Waals surface area contributed by atoms with Gasteiger partial charge in [-0.25, -0.2) is 4.98 Å². The molecular weight excluding hydrogens is 387 g/mol. The van der Waals surface area contributed by atoms with Gasteiger partial charge in [-0.3, -0.25) is 4.79 Å². The number of amides is 1. The lowest BCUT2D eigenvalue weighted by molar-refractivity contribution is 0.0916. The van der Waals surface area contributed by atoms with Crippen LogP contribution < -0.4 is 5.32 Å². The van der Waals surface area contributed by atoms with E-state index in [1.54, 1.807) is 12.1 Å². The Morgan fingerprint density at radius 1 is 1.15 bits per heavy atom. The average molecular weight is 405 g/mol. The van der Waals surface area contributed by atoms with Crippen molar-refractivity contribution in [2.45, 2.75) is 37.6 Å². The smallest absolute Gasteiger partial charge is 0.273 e. The fourth-order valence-corrected chi connectivity index (χ4v) is 3.75. The maximum Gasteiger partial charge on any atom is 0.273 e. The minimum absolute atomic E-state index is 0.148. The van der Waals surface area contributed by atoms with Gasteiger partial charge in [-0.15, -0.1) is 0 Å². The van der Waals surface area contributed by atoms with E-state index < -0.39 is 0 Å². The second-order valence-electron chi connectivity index (χ2n) is 6.71. The van der Waals surface area contributed by atoms with Gasteiger partial charge in [0.1, 0.15) is 12.1 Å². The first-order valence-electron chi connectivity index (χ1n) is 8.82. The van der Waals surface area contributed by atoms with Gasteiger partial charge in [0.15, 0.2) is 5.69 Å². The number of nitrogens with zero attached hydrogens (tertiary/aromatic N) is 2. The summed E-state index contributed by atoms with van der Waals surface area (Å²) < 4.78 is 4.71. The highest BCUT2D eigenvalue weighted by Gasteiger charge is 2.26. The van der Waals surface area contributed by atoms with E-state index in [4.69, 9.17) is 32.7 Å². The molecule has 140 valence electrons. The van der Waals surface area contributed by atoms with Crippen LogP contribution in [0.1, 0.15) is 47.9 Å². The number of benzene rings is 1. The Hall–Kier alpha value is -2.31. The maximum absolute atomic E-state index is 12.1. The van der Waals surface area contributed by atoms with Crippen LogP contribution in [0, 0.1) is 0 Å². The lowest BCUT2D eigenvalue weighted by Gasteiger charge is -2.27. The quantitative estimate of drug-likeness (QED) is 0.652. The highest BCUT2D eigenvalue weighted by Crippen LogP contribution is 2.33. The Morgan fingerprint density at radius 3 is 2.67 bits per heavy atom. The number of rotatable bonds is 4. The highest BCUT2D eigenvalue weighted by molar-refractivity contribution is 6.42. The van der Waals surface area contributed by atoms with Crippen molar-refractivity contribution in [3.05, 3.63) is 58.3 Å². The monoisotopic (exact) mass is 404 g/mol. The van der Waals surface area contributed by atoms with Gasteiger partial charge in [0.2, 0.25) is 0 Å². The van der Waals surface area contributed by atoms with Crippen LogP contribution in [0.25, 0.3) is 11.3 Å². The number of carbonyl (C=O) groups excluding carboxylic acids is 1. The third-order valence-corrected chi connectivity index (χ3v) is 5.67. The van der Waals surface area contributed by atoms with Crippen LogP contribution in [0.5, 0.6) is 0 Å². The van der Waals surface area contributed by atoms with Crippen molar-refractivity contribution in [2.24, 2.45) is 0 Å². The number of H-pyrrole nitrogens is 1. The van der Waals surface area contributed by atoms with Crippen molar-refractivity contribution < 1.29 is 9.32 Å².